The Labute approximate surface area is 251 Å². The molecule has 0 radical (unpaired) electrons. The van der Waals surface area contributed by atoms with Crippen LogP contribution in [0, 0.1) is 5.82 Å². The summed E-state index contributed by atoms with van der Waals surface area (Å²) < 4.78 is 64.8. The lowest BCUT2D eigenvalue weighted by atomic mass is 10.0. The molecule has 0 spiro atoms. The summed E-state index contributed by atoms with van der Waals surface area (Å²) in [7, 11) is -3.11. The van der Waals surface area contributed by atoms with Crippen molar-refractivity contribution in [3.63, 3.8) is 0 Å². The molecule has 41 heavy (non-hydrogen) atoms. The van der Waals surface area contributed by atoms with E-state index in [1.54, 1.807) is 6.07 Å². The minimum atomic E-state index is -4.32. The van der Waals surface area contributed by atoms with E-state index in [1.165, 1.54) is 43.8 Å². The van der Waals surface area contributed by atoms with Gasteiger partial charge in [-0.3, -0.25) is 18.9 Å². The molecule has 1 N–H and O–H groups in total. The molecule has 9 nitrogen and oxygen atoms in total. The predicted octanol–water partition coefficient (Wildman–Crippen LogP) is 5.87. The molecule has 5 rings (SSSR count). The summed E-state index contributed by atoms with van der Waals surface area (Å²) in [4.78, 5) is 31.7. The van der Waals surface area contributed by atoms with Crippen LogP contribution in [0.2, 0.25) is 10.0 Å². The number of nitrogens with zero attached hydrogens (tertiary/aromatic N) is 3. The Bertz CT molecular complexity index is 1820. The van der Waals surface area contributed by atoms with E-state index in [-0.39, 0.29) is 57.5 Å². The topological polar surface area (TPSA) is 111 Å². The Morgan fingerprint density at radius 3 is 2.51 bits per heavy atom. The maximum absolute atomic E-state index is 15.9. The molecule has 214 valence electrons. The average Bonchev–Trinajstić information content (AvgIpc) is 3.53. The van der Waals surface area contributed by atoms with Gasteiger partial charge in [0, 0.05) is 35.3 Å². The standard InChI is InChI=1S/C26H19BrCl2F2N4O5S/c1-40-20-6-5-19(33-41(38,39)34-8-7-14(30)11-34)23(31)22(20)24(36)16-12-35(25-15(16)9-13(27)10-32-25)26(37)21-17(28)3-2-4-18(21)29/h2-6,9-10,12,14,33H,7-8,11H2,1H3/t14-/m1/s1. The fourth-order valence-corrected chi connectivity index (χ4v) is 6.66. The minimum Gasteiger partial charge on any atom is -0.496 e. The number of alkyl halides is 1. The summed E-state index contributed by atoms with van der Waals surface area (Å²) in [6.07, 6.45) is 1.26. The van der Waals surface area contributed by atoms with E-state index in [0.29, 0.717) is 4.47 Å². The SMILES string of the molecule is COc1ccc(NS(=O)(=O)N2CC[C@@H](F)C2)c(F)c1C(=O)c1cn(C(=O)c2c(Cl)cccc2Cl)c2ncc(Br)cc12. The molecule has 4 aromatic rings. The van der Waals surface area contributed by atoms with Gasteiger partial charge < -0.3 is 4.74 Å². The minimum absolute atomic E-state index is 0.0154. The smallest absolute Gasteiger partial charge is 0.301 e. The predicted molar refractivity (Wildman–Crippen MR) is 154 cm³/mol. The first-order valence-corrected chi connectivity index (χ1v) is 14.9. The van der Waals surface area contributed by atoms with Crippen LogP contribution in [-0.2, 0) is 10.2 Å². The van der Waals surface area contributed by atoms with Gasteiger partial charge in [0.1, 0.15) is 23.1 Å². The molecule has 0 bridgehead atoms. The summed E-state index contributed by atoms with van der Waals surface area (Å²) in [6, 6.07) is 8.35. The first-order valence-electron chi connectivity index (χ1n) is 11.9. The largest absolute Gasteiger partial charge is 0.496 e. The van der Waals surface area contributed by atoms with Crippen LogP contribution in [0.25, 0.3) is 11.0 Å². The van der Waals surface area contributed by atoms with Crippen molar-refractivity contribution < 1.29 is 31.5 Å². The van der Waals surface area contributed by atoms with Crippen LogP contribution in [0.5, 0.6) is 5.75 Å². The quantitative estimate of drug-likeness (QED) is 0.243. The number of anilines is 1. The molecular formula is C26H19BrCl2F2N4O5S. The molecule has 0 aliphatic carbocycles. The number of halogens is 5. The Hall–Kier alpha value is -3.10. The highest BCUT2D eigenvalue weighted by Crippen LogP contribution is 2.35. The summed E-state index contributed by atoms with van der Waals surface area (Å²) >= 11 is 15.8. The molecule has 0 unspecified atom stereocenters. The number of ketones is 1. The van der Waals surface area contributed by atoms with E-state index in [4.69, 9.17) is 27.9 Å². The van der Waals surface area contributed by atoms with Gasteiger partial charge in [-0.05, 0) is 52.7 Å². The third-order valence-electron chi connectivity index (χ3n) is 6.47. The Balaban J connectivity index is 1.63. The second kappa shape index (κ2) is 11.3. The molecule has 1 aliphatic rings. The van der Waals surface area contributed by atoms with Gasteiger partial charge in [0.05, 0.1) is 34.0 Å². The number of rotatable bonds is 7. The van der Waals surface area contributed by atoms with Crippen LogP contribution < -0.4 is 9.46 Å². The molecule has 2 aromatic heterocycles. The van der Waals surface area contributed by atoms with Gasteiger partial charge in [0.25, 0.3) is 5.91 Å². The lowest BCUT2D eigenvalue weighted by Crippen LogP contribution is -2.34. The number of pyridine rings is 1. The van der Waals surface area contributed by atoms with Crippen LogP contribution in [0.4, 0.5) is 14.5 Å². The third kappa shape index (κ3) is 5.44. The number of carbonyl (C=O) groups excluding carboxylic acids is 2. The lowest BCUT2D eigenvalue weighted by Gasteiger charge is -2.18. The number of benzene rings is 2. The van der Waals surface area contributed by atoms with Crippen molar-refractivity contribution in [1.82, 2.24) is 13.9 Å². The van der Waals surface area contributed by atoms with E-state index in [1.807, 2.05) is 0 Å². The molecule has 15 heteroatoms. The zero-order valence-corrected chi connectivity index (χ0v) is 24.9. The maximum Gasteiger partial charge on any atom is 0.301 e. The molecule has 0 amide bonds. The highest BCUT2D eigenvalue weighted by Gasteiger charge is 2.33. The number of carbonyl (C=O) groups is 2. The van der Waals surface area contributed by atoms with Gasteiger partial charge in [-0.1, -0.05) is 29.3 Å². The van der Waals surface area contributed by atoms with Gasteiger partial charge in [0.15, 0.2) is 5.82 Å². The van der Waals surface area contributed by atoms with Gasteiger partial charge in [-0.15, -0.1) is 0 Å². The Morgan fingerprint density at radius 2 is 1.88 bits per heavy atom. The molecule has 0 saturated carbocycles. The fraction of sp³-hybridized carbons (Fsp3) is 0.192. The monoisotopic (exact) mass is 686 g/mol. The summed E-state index contributed by atoms with van der Waals surface area (Å²) in [5, 5.41) is 0.317. The Kier molecular flexibility index (Phi) is 8.09. The van der Waals surface area contributed by atoms with Crippen molar-refractivity contribution >= 4 is 77.8 Å². The summed E-state index contributed by atoms with van der Waals surface area (Å²) in [5.74, 6) is -3.03. The molecule has 2 aromatic carbocycles. The lowest BCUT2D eigenvalue weighted by molar-refractivity contribution is 0.0964. The van der Waals surface area contributed by atoms with Crippen LogP contribution >= 0.6 is 39.1 Å². The molecule has 3 heterocycles. The summed E-state index contributed by atoms with van der Waals surface area (Å²) in [5.41, 5.74) is -1.25. The van der Waals surface area contributed by atoms with Crippen molar-refractivity contribution in [2.75, 3.05) is 24.9 Å². The van der Waals surface area contributed by atoms with E-state index < -0.39 is 45.1 Å². The molecule has 1 atom stereocenters. The highest BCUT2D eigenvalue weighted by molar-refractivity contribution is 9.10. The van der Waals surface area contributed by atoms with Crippen LogP contribution in [0.3, 0.4) is 0 Å². The number of ether oxygens (including phenoxy) is 1. The fourth-order valence-electron chi connectivity index (χ4n) is 4.50. The molecule has 1 aliphatic heterocycles. The van der Waals surface area contributed by atoms with E-state index in [0.717, 1.165) is 14.9 Å². The van der Waals surface area contributed by atoms with Crippen molar-refractivity contribution in [2.45, 2.75) is 12.6 Å². The van der Waals surface area contributed by atoms with Gasteiger partial charge >= 0.3 is 10.2 Å². The second-order valence-electron chi connectivity index (χ2n) is 9.02. The number of fused-ring (bicyclic) bond motifs is 1. The first-order chi connectivity index (χ1) is 19.4. The zero-order valence-electron chi connectivity index (χ0n) is 21.0. The van der Waals surface area contributed by atoms with Crippen LogP contribution in [0.15, 0.2) is 53.3 Å². The van der Waals surface area contributed by atoms with E-state index >= 15 is 4.39 Å². The van der Waals surface area contributed by atoms with Crippen molar-refractivity contribution in [3.8, 4) is 5.75 Å². The number of hydrogen-bond acceptors (Lipinski definition) is 6. The highest BCUT2D eigenvalue weighted by atomic mass is 79.9. The van der Waals surface area contributed by atoms with Crippen molar-refractivity contribution in [3.05, 3.63) is 85.8 Å². The average molecular weight is 688 g/mol. The Morgan fingerprint density at radius 1 is 1.17 bits per heavy atom. The molecule has 1 saturated heterocycles. The van der Waals surface area contributed by atoms with E-state index in [9.17, 15) is 22.4 Å². The maximum atomic E-state index is 15.9. The van der Waals surface area contributed by atoms with Crippen molar-refractivity contribution in [2.24, 2.45) is 0 Å². The van der Waals surface area contributed by atoms with Crippen LogP contribution in [-0.4, -0.2) is 60.3 Å². The van der Waals surface area contributed by atoms with Gasteiger partial charge in [0.2, 0.25) is 5.78 Å². The van der Waals surface area contributed by atoms with Gasteiger partial charge in [-0.25, -0.2) is 13.8 Å². The van der Waals surface area contributed by atoms with E-state index in [2.05, 4.69) is 25.6 Å². The number of nitrogens with one attached hydrogen (secondary N) is 1. The number of hydrogen-bond donors (Lipinski definition) is 1. The summed E-state index contributed by atoms with van der Waals surface area (Å²) in [6.45, 7) is -0.450. The third-order valence-corrected chi connectivity index (χ3v) is 9.03. The van der Waals surface area contributed by atoms with Crippen molar-refractivity contribution in [1.29, 1.82) is 0 Å². The molecule has 1 fully saturated rings. The zero-order chi connectivity index (χ0) is 29.6. The van der Waals surface area contributed by atoms with Gasteiger partial charge in [-0.2, -0.15) is 12.7 Å². The number of aromatic nitrogens is 2. The number of methoxy groups -OCH3 is 1. The van der Waals surface area contributed by atoms with Crippen LogP contribution in [0.1, 0.15) is 32.7 Å². The second-order valence-corrected chi connectivity index (χ2v) is 12.4. The molecular weight excluding hydrogens is 669 g/mol. The first kappa shape index (κ1) is 29.4. The normalized spacial score (nSPS) is 15.8.